The summed E-state index contributed by atoms with van der Waals surface area (Å²) in [6, 6.07) is 13.8. The number of benzene rings is 2. The lowest BCUT2D eigenvalue weighted by Gasteiger charge is -2.07. The fourth-order valence-electron chi connectivity index (χ4n) is 1.76. The molecule has 3 nitrogen and oxygen atoms in total. The predicted octanol–water partition coefficient (Wildman–Crippen LogP) is 4.13. The van der Waals surface area contributed by atoms with Crippen molar-refractivity contribution in [1.29, 1.82) is 0 Å². The highest BCUT2D eigenvalue weighted by molar-refractivity contribution is 9.10. The number of nitrogens with two attached hydrogens (primary N) is 1. The molecule has 0 aliphatic heterocycles. The lowest BCUT2D eigenvalue weighted by molar-refractivity contribution is 1.10. The highest BCUT2D eigenvalue weighted by Gasteiger charge is 2.08. The van der Waals surface area contributed by atoms with Crippen LogP contribution in [0.1, 0.15) is 0 Å². The normalized spacial score (nSPS) is 10.8. The Labute approximate surface area is 123 Å². The molecule has 0 atom stereocenters. The number of aromatic nitrogens is 2. The average Bonchev–Trinajstić information content (AvgIpc) is 2.43. The van der Waals surface area contributed by atoms with Gasteiger partial charge in [0, 0.05) is 20.4 Å². The molecule has 0 aliphatic carbocycles. The molecule has 0 unspecified atom stereocenters. The largest absolute Gasteiger partial charge is 0.398 e. The third-order valence-electron chi connectivity index (χ3n) is 2.69. The summed E-state index contributed by atoms with van der Waals surface area (Å²) in [5.74, 6) is 0. The lowest BCUT2D eigenvalue weighted by Crippen LogP contribution is -1.90. The number of nitrogen functional groups attached to an aromatic ring is 1. The molecule has 3 rings (SSSR count). The van der Waals surface area contributed by atoms with E-state index in [1.165, 1.54) is 0 Å². The van der Waals surface area contributed by atoms with E-state index in [0.29, 0.717) is 0 Å². The fourth-order valence-corrected chi connectivity index (χ4v) is 3.24. The summed E-state index contributed by atoms with van der Waals surface area (Å²) in [5, 5.41) is 1.95. The van der Waals surface area contributed by atoms with Crippen LogP contribution in [0, 0.1) is 0 Å². The fraction of sp³-hybridized carbons (Fsp3) is 0. The first kappa shape index (κ1) is 12.4. The van der Waals surface area contributed by atoms with E-state index in [4.69, 9.17) is 5.73 Å². The van der Waals surface area contributed by atoms with Crippen LogP contribution in [-0.4, -0.2) is 9.97 Å². The highest BCUT2D eigenvalue weighted by atomic mass is 79.9. The van der Waals surface area contributed by atoms with Gasteiger partial charge in [-0.1, -0.05) is 45.9 Å². The first-order chi connectivity index (χ1) is 9.24. The summed E-state index contributed by atoms with van der Waals surface area (Å²) in [5.41, 5.74) is 7.68. The summed E-state index contributed by atoms with van der Waals surface area (Å²) in [4.78, 5) is 9.60. The van der Waals surface area contributed by atoms with Crippen LogP contribution in [0.25, 0.3) is 10.9 Å². The zero-order chi connectivity index (χ0) is 13.2. The number of hydrogen-bond donors (Lipinski definition) is 1. The number of nitrogens with zero attached hydrogens (tertiary/aromatic N) is 2. The molecule has 0 amide bonds. The van der Waals surface area contributed by atoms with E-state index in [-0.39, 0.29) is 0 Å². The van der Waals surface area contributed by atoms with Crippen molar-refractivity contribution in [3.05, 3.63) is 53.3 Å². The van der Waals surface area contributed by atoms with Crippen LogP contribution in [0.3, 0.4) is 0 Å². The van der Waals surface area contributed by atoms with Crippen LogP contribution >= 0.6 is 27.7 Å². The minimum Gasteiger partial charge on any atom is -0.398 e. The van der Waals surface area contributed by atoms with E-state index >= 15 is 0 Å². The van der Waals surface area contributed by atoms with Gasteiger partial charge in [0.25, 0.3) is 0 Å². The van der Waals surface area contributed by atoms with Gasteiger partial charge in [-0.2, -0.15) is 0 Å². The molecule has 0 aliphatic rings. The minimum atomic E-state index is 0.746. The highest BCUT2D eigenvalue weighted by Crippen LogP contribution is 2.35. The van der Waals surface area contributed by atoms with Crippen molar-refractivity contribution >= 4 is 44.3 Å². The lowest BCUT2D eigenvalue weighted by atomic mass is 10.2. The molecular weight excluding hydrogens is 322 g/mol. The first-order valence-corrected chi connectivity index (χ1v) is 7.27. The predicted molar refractivity (Wildman–Crippen MR) is 82.2 cm³/mol. The van der Waals surface area contributed by atoms with Gasteiger partial charge in [0.1, 0.15) is 11.4 Å². The summed E-state index contributed by atoms with van der Waals surface area (Å²) < 4.78 is 1.00. The first-order valence-electron chi connectivity index (χ1n) is 5.66. The van der Waals surface area contributed by atoms with Gasteiger partial charge < -0.3 is 5.73 Å². The van der Waals surface area contributed by atoms with Crippen LogP contribution in [0.4, 0.5) is 5.69 Å². The second kappa shape index (κ2) is 5.19. The quantitative estimate of drug-likeness (QED) is 0.566. The molecule has 0 bridgehead atoms. The van der Waals surface area contributed by atoms with Crippen molar-refractivity contribution in [1.82, 2.24) is 9.97 Å². The second-order valence-corrected chi connectivity index (χ2v) is 5.93. The van der Waals surface area contributed by atoms with E-state index in [2.05, 4.69) is 25.9 Å². The molecule has 94 valence electrons. The summed E-state index contributed by atoms with van der Waals surface area (Å²) in [6.07, 6.45) is 1.58. The molecule has 0 saturated heterocycles. The van der Waals surface area contributed by atoms with Gasteiger partial charge in [0.15, 0.2) is 0 Å². The molecule has 19 heavy (non-hydrogen) atoms. The molecule has 1 heterocycles. The van der Waals surface area contributed by atoms with Gasteiger partial charge in [-0.3, -0.25) is 0 Å². The van der Waals surface area contributed by atoms with Crippen molar-refractivity contribution in [3.8, 4) is 0 Å². The monoisotopic (exact) mass is 331 g/mol. The zero-order valence-electron chi connectivity index (χ0n) is 9.88. The van der Waals surface area contributed by atoms with Crippen LogP contribution in [0.2, 0.25) is 0 Å². The van der Waals surface area contributed by atoms with Crippen LogP contribution in [-0.2, 0) is 0 Å². The smallest absolute Gasteiger partial charge is 0.117 e. The van der Waals surface area contributed by atoms with Crippen molar-refractivity contribution in [3.63, 3.8) is 0 Å². The van der Waals surface area contributed by atoms with Crippen LogP contribution < -0.4 is 5.73 Å². The number of fused-ring (bicyclic) bond motifs is 1. The van der Waals surface area contributed by atoms with E-state index in [9.17, 15) is 0 Å². The van der Waals surface area contributed by atoms with Gasteiger partial charge in [-0.15, -0.1) is 0 Å². The number of rotatable bonds is 2. The number of halogens is 1. The Balaban J connectivity index is 2.08. The molecule has 5 heteroatoms. The van der Waals surface area contributed by atoms with Gasteiger partial charge in [-0.05, 0) is 24.3 Å². The topological polar surface area (TPSA) is 51.8 Å². The Morgan fingerprint density at radius 3 is 2.79 bits per heavy atom. The van der Waals surface area contributed by atoms with Crippen molar-refractivity contribution in [2.24, 2.45) is 0 Å². The average molecular weight is 332 g/mol. The van der Waals surface area contributed by atoms with Crippen LogP contribution in [0.5, 0.6) is 0 Å². The van der Waals surface area contributed by atoms with E-state index in [1.807, 2.05) is 42.5 Å². The molecule has 0 saturated carbocycles. The third-order valence-corrected chi connectivity index (χ3v) is 4.27. The van der Waals surface area contributed by atoms with Crippen molar-refractivity contribution < 1.29 is 0 Å². The maximum atomic E-state index is 6.00. The molecule has 2 aromatic carbocycles. The maximum Gasteiger partial charge on any atom is 0.117 e. The molecule has 0 spiro atoms. The Morgan fingerprint density at radius 2 is 1.89 bits per heavy atom. The Bertz CT molecular complexity index is 740. The van der Waals surface area contributed by atoms with Gasteiger partial charge in [0.2, 0.25) is 0 Å². The summed E-state index contributed by atoms with van der Waals surface area (Å²) in [7, 11) is 0. The molecule has 2 N–H and O–H groups in total. The number of hydrogen-bond acceptors (Lipinski definition) is 4. The van der Waals surface area contributed by atoms with E-state index in [0.717, 1.165) is 31.0 Å². The van der Waals surface area contributed by atoms with E-state index in [1.54, 1.807) is 18.1 Å². The summed E-state index contributed by atoms with van der Waals surface area (Å²) >= 11 is 5.01. The Morgan fingerprint density at radius 1 is 1.05 bits per heavy atom. The molecular formula is C14H10BrN3S. The van der Waals surface area contributed by atoms with E-state index < -0.39 is 0 Å². The zero-order valence-corrected chi connectivity index (χ0v) is 12.3. The van der Waals surface area contributed by atoms with Gasteiger partial charge in [-0.25, -0.2) is 9.97 Å². The minimum absolute atomic E-state index is 0.746. The van der Waals surface area contributed by atoms with Crippen LogP contribution in [0.15, 0.2) is 63.2 Å². The number of anilines is 1. The molecule has 1 aromatic heterocycles. The maximum absolute atomic E-state index is 6.00. The Hall–Kier alpha value is -1.59. The molecule has 0 radical (unpaired) electrons. The van der Waals surface area contributed by atoms with Gasteiger partial charge >= 0.3 is 0 Å². The second-order valence-electron chi connectivity index (χ2n) is 3.98. The SMILES string of the molecule is Nc1ccc(Br)cc1Sc1ncnc2ccccc12. The third kappa shape index (κ3) is 2.57. The molecule has 3 aromatic rings. The Kier molecular flexibility index (Phi) is 3.40. The van der Waals surface area contributed by atoms with Gasteiger partial charge in [0.05, 0.1) is 5.52 Å². The summed E-state index contributed by atoms with van der Waals surface area (Å²) in [6.45, 7) is 0. The molecule has 0 fully saturated rings. The number of para-hydroxylation sites is 1. The van der Waals surface area contributed by atoms with Crippen molar-refractivity contribution in [2.75, 3.05) is 5.73 Å². The standard InChI is InChI=1S/C14H10BrN3S/c15-9-5-6-11(16)13(7-9)19-14-10-3-1-2-4-12(10)17-8-18-14/h1-8H,16H2. The van der Waals surface area contributed by atoms with Crippen molar-refractivity contribution in [2.45, 2.75) is 9.92 Å².